The molecular formula is C14H18O3. The average Bonchev–Trinajstić information content (AvgIpc) is 2.50. The molecule has 1 aliphatic heterocycles. The van der Waals surface area contributed by atoms with Crippen LogP contribution in [0, 0.1) is 17.8 Å². The molecule has 0 N–H and O–H groups in total. The minimum Gasteiger partial charge on any atom is -0.454 e. The van der Waals surface area contributed by atoms with E-state index in [1.165, 1.54) is 0 Å². The van der Waals surface area contributed by atoms with Crippen LogP contribution in [-0.4, -0.2) is 17.4 Å². The number of hydrogen-bond acceptors (Lipinski definition) is 3. The average molecular weight is 234 g/mol. The molecule has 3 rings (SSSR count). The van der Waals surface area contributed by atoms with Gasteiger partial charge in [-0.2, -0.15) is 0 Å². The molecule has 0 aromatic heterocycles. The second-order valence-corrected chi connectivity index (χ2v) is 5.84. The molecule has 0 bridgehead atoms. The Balaban J connectivity index is 2.04. The maximum absolute atomic E-state index is 11.8. The van der Waals surface area contributed by atoms with E-state index >= 15 is 0 Å². The van der Waals surface area contributed by atoms with Gasteiger partial charge in [0.05, 0.1) is 0 Å². The third-order valence-corrected chi connectivity index (χ3v) is 4.99. The Morgan fingerprint density at radius 1 is 1.29 bits per heavy atom. The Hall–Kier alpha value is -1.12. The summed E-state index contributed by atoms with van der Waals surface area (Å²) in [6.07, 6.45) is 3.98. The quantitative estimate of drug-likeness (QED) is 0.477. The van der Waals surface area contributed by atoms with Crippen molar-refractivity contribution in [3.63, 3.8) is 0 Å². The highest BCUT2D eigenvalue weighted by Gasteiger charge is 2.61. The first-order valence-corrected chi connectivity index (χ1v) is 6.48. The van der Waals surface area contributed by atoms with Crippen molar-refractivity contribution >= 4 is 11.8 Å². The molecule has 4 atom stereocenters. The lowest BCUT2D eigenvalue weighted by Gasteiger charge is -2.49. The van der Waals surface area contributed by atoms with Crippen molar-refractivity contribution in [1.82, 2.24) is 0 Å². The van der Waals surface area contributed by atoms with Crippen molar-refractivity contribution in [2.75, 3.05) is 0 Å². The van der Waals surface area contributed by atoms with Crippen molar-refractivity contribution in [2.24, 2.45) is 17.8 Å². The first-order chi connectivity index (χ1) is 8.04. The van der Waals surface area contributed by atoms with Crippen LogP contribution in [0.25, 0.3) is 0 Å². The topological polar surface area (TPSA) is 43.4 Å². The molecule has 2 aliphatic carbocycles. The molecule has 3 nitrogen and oxygen atoms in total. The van der Waals surface area contributed by atoms with Gasteiger partial charge in [0.15, 0.2) is 0 Å². The summed E-state index contributed by atoms with van der Waals surface area (Å²) >= 11 is 0. The molecule has 0 amide bonds. The zero-order valence-corrected chi connectivity index (χ0v) is 10.2. The number of carbonyl (C=O) groups is 2. The van der Waals surface area contributed by atoms with Crippen LogP contribution in [0.3, 0.4) is 0 Å². The molecular weight excluding hydrogens is 216 g/mol. The third-order valence-electron chi connectivity index (χ3n) is 4.99. The molecule has 1 spiro atoms. The number of hydrogen-bond donors (Lipinski definition) is 0. The standard InChI is InChI=1S/C14H18O3/c1-8-3-5-12-9(2)13(16)17-14(12)7-10(15)4-6-11(8)14/h8,11-12H,2-7H2,1H3/t8-,11+,12-,14-/m1/s1. The van der Waals surface area contributed by atoms with Crippen LogP contribution in [0.1, 0.15) is 39.0 Å². The maximum Gasteiger partial charge on any atom is 0.334 e. The number of ketones is 1. The van der Waals surface area contributed by atoms with Gasteiger partial charge in [-0.15, -0.1) is 0 Å². The van der Waals surface area contributed by atoms with Gasteiger partial charge in [0.25, 0.3) is 0 Å². The molecule has 2 saturated carbocycles. The fraction of sp³-hybridized carbons (Fsp3) is 0.714. The van der Waals surface area contributed by atoms with Crippen LogP contribution < -0.4 is 0 Å². The predicted octanol–water partition coefficient (Wildman–Crippen LogP) is 2.25. The number of rotatable bonds is 0. The monoisotopic (exact) mass is 234 g/mol. The molecule has 0 aromatic rings. The van der Waals surface area contributed by atoms with Gasteiger partial charge in [0, 0.05) is 30.3 Å². The summed E-state index contributed by atoms with van der Waals surface area (Å²) in [6.45, 7) is 6.09. The van der Waals surface area contributed by atoms with Crippen molar-refractivity contribution in [3.8, 4) is 0 Å². The van der Waals surface area contributed by atoms with Crippen molar-refractivity contribution in [1.29, 1.82) is 0 Å². The number of carbonyl (C=O) groups excluding carboxylic acids is 2. The van der Waals surface area contributed by atoms with E-state index in [1.807, 2.05) is 0 Å². The second kappa shape index (κ2) is 3.44. The fourth-order valence-electron chi connectivity index (χ4n) is 4.14. The predicted molar refractivity (Wildman–Crippen MR) is 62.2 cm³/mol. The molecule has 1 heterocycles. The fourth-order valence-corrected chi connectivity index (χ4v) is 4.14. The summed E-state index contributed by atoms with van der Waals surface area (Å²) < 4.78 is 5.65. The van der Waals surface area contributed by atoms with Crippen LogP contribution in [0.4, 0.5) is 0 Å². The van der Waals surface area contributed by atoms with E-state index in [1.54, 1.807) is 0 Å². The van der Waals surface area contributed by atoms with E-state index in [4.69, 9.17) is 4.74 Å². The summed E-state index contributed by atoms with van der Waals surface area (Å²) in [4.78, 5) is 23.5. The Morgan fingerprint density at radius 2 is 2.06 bits per heavy atom. The number of esters is 1. The first-order valence-electron chi connectivity index (χ1n) is 6.48. The molecule has 3 fully saturated rings. The Kier molecular flexibility index (Phi) is 2.22. The maximum atomic E-state index is 11.8. The van der Waals surface area contributed by atoms with Gasteiger partial charge in [0.1, 0.15) is 11.4 Å². The minimum absolute atomic E-state index is 0.0837. The van der Waals surface area contributed by atoms with Crippen LogP contribution in [-0.2, 0) is 14.3 Å². The molecule has 3 aliphatic rings. The highest BCUT2D eigenvalue weighted by Crippen LogP contribution is 2.56. The molecule has 0 radical (unpaired) electrons. The van der Waals surface area contributed by atoms with Crippen LogP contribution in [0.15, 0.2) is 12.2 Å². The summed E-state index contributed by atoms with van der Waals surface area (Å²) in [5.74, 6) is 0.937. The van der Waals surface area contributed by atoms with Crippen LogP contribution in [0.5, 0.6) is 0 Å². The van der Waals surface area contributed by atoms with Gasteiger partial charge < -0.3 is 4.74 Å². The summed E-state index contributed by atoms with van der Waals surface area (Å²) in [5.41, 5.74) is 0.0675. The summed E-state index contributed by atoms with van der Waals surface area (Å²) in [5, 5.41) is 0. The van der Waals surface area contributed by atoms with Gasteiger partial charge in [-0.25, -0.2) is 4.79 Å². The lowest BCUT2D eigenvalue weighted by molar-refractivity contribution is -0.170. The van der Waals surface area contributed by atoms with Gasteiger partial charge >= 0.3 is 5.97 Å². The highest BCUT2D eigenvalue weighted by atomic mass is 16.6. The molecule has 1 saturated heterocycles. The second-order valence-electron chi connectivity index (χ2n) is 5.84. The smallest absolute Gasteiger partial charge is 0.334 e. The zero-order chi connectivity index (χ0) is 12.2. The van der Waals surface area contributed by atoms with Crippen molar-refractivity contribution < 1.29 is 14.3 Å². The molecule has 3 heteroatoms. The van der Waals surface area contributed by atoms with E-state index < -0.39 is 5.60 Å². The third kappa shape index (κ3) is 1.34. The minimum atomic E-state index is -0.527. The molecule has 0 aromatic carbocycles. The molecule has 92 valence electrons. The van der Waals surface area contributed by atoms with E-state index in [0.717, 1.165) is 19.3 Å². The Morgan fingerprint density at radius 3 is 2.82 bits per heavy atom. The largest absolute Gasteiger partial charge is 0.454 e. The van der Waals surface area contributed by atoms with Gasteiger partial charge in [-0.3, -0.25) is 4.79 Å². The SMILES string of the molecule is C=C1C(=O)O[C@]23CC(=O)CC[C@H]2[C@H](C)CC[C@H]13. The summed E-state index contributed by atoms with van der Waals surface area (Å²) in [6, 6.07) is 0. The van der Waals surface area contributed by atoms with Gasteiger partial charge in [-0.05, 0) is 25.2 Å². The lowest BCUT2D eigenvalue weighted by Crippen LogP contribution is -2.53. The summed E-state index contributed by atoms with van der Waals surface area (Å²) in [7, 11) is 0. The normalized spacial score (nSPS) is 45.2. The zero-order valence-electron chi connectivity index (χ0n) is 10.2. The van der Waals surface area contributed by atoms with E-state index in [-0.39, 0.29) is 17.7 Å². The Bertz CT molecular complexity index is 412. The highest BCUT2D eigenvalue weighted by molar-refractivity contribution is 5.93. The van der Waals surface area contributed by atoms with Crippen molar-refractivity contribution in [3.05, 3.63) is 12.2 Å². The molecule has 17 heavy (non-hydrogen) atoms. The lowest BCUT2D eigenvalue weighted by atomic mass is 9.58. The van der Waals surface area contributed by atoms with E-state index in [2.05, 4.69) is 13.5 Å². The Labute approximate surface area is 101 Å². The van der Waals surface area contributed by atoms with E-state index in [0.29, 0.717) is 30.3 Å². The van der Waals surface area contributed by atoms with Crippen molar-refractivity contribution in [2.45, 2.75) is 44.6 Å². The van der Waals surface area contributed by atoms with Gasteiger partial charge in [0.2, 0.25) is 0 Å². The van der Waals surface area contributed by atoms with Crippen LogP contribution >= 0.6 is 0 Å². The number of ether oxygens (including phenoxy) is 1. The number of Topliss-reactive ketones (excluding diaryl/α,β-unsaturated/α-hetero) is 1. The first kappa shape index (κ1) is 11.0. The molecule has 0 unspecified atom stereocenters. The van der Waals surface area contributed by atoms with E-state index in [9.17, 15) is 9.59 Å². The van der Waals surface area contributed by atoms with Gasteiger partial charge in [-0.1, -0.05) is 13.5 Å². The van der Waals surface area contributed by atoms with Crippen LogP contribution in [0.2, 0.25) is 0 Å².